The summed E-state index contributed by atoms with van der Waals surface area (Å²) in [6.07, 6.45) is 0.223. The minimum Gasteiger partial charge on any atom is -0.465 e. The quantitative estimate of drug-likeness (QED) is 0.239. The van der Waals surface area contributed by atoms with E-state index in [1.54, 1.807) is 11.3 Å². The predicted octanol–water partition coefficient (Wildman–Crippen LogP) is 3.06. The van der Waals surface area contributed by atoms with Crippen molar-refractivity contribution in [3.8, 4) is 10.4 Å². The van der Waals surface area contributed by atoms with Crippen molar-refractivity contribution in [2.75, 3.05) is 13.1 Å². The Morgan fingerprint density at radius 1 is 1.10 bits per heavy atom. The molecule has 41 heavy (non-hydrogen) atoms. The van der Waals surface area contributed by atoms with Crippen LogP contribution < -0.4 is 16.0 Å². The number of hydrogen-bond donors (Lipinski definition) is 5. The fraction of sp³-hybridized carbons (Fsp3) is 0.552. The third kappa shape index (κ3) is 9.25. The summed E-state index contributed by atoms with van der Waals surface area (Å²) in [6.45, 7) is 8.09. The summed E-state index contributed by atoms with van der Waals surface area (Å²) in [4.78, 5) is 56.8. The Morgan fingerprint density at radius 3 is 2.41 bits per heavy atom. The van der Waals surface area contributed by atoms with Gasteiger partial charge in [0.1, 0.15) is 12.1 Å². The van der Waals surface area contributed by atoms with Gasteiger partial charge in [-0.15, -0.1) is 11.3 Å². The summed E-state index contributed by atoms with van der Waals surface area (Å²) in [5, 5.41) is 27.0. The number of aliphatic hydroxyl groups is 1. The number of aryl methyl sites for hydroxylation is 1. The van der Waals surface area contributed by atoms with E-state index in [1.807, 2.05) is 57.5 Å². The summed E-state index contributed by atoms with van der Waals surface area (Å²) in [6, 6.07) is 6.12. The standard InChI is InChI=1S/C29H41N5O6S/c1-18-24(41-17-32-18)20-11-9-19(10-12-20)15-31-26(37)22-14-21(35)16-34(22)27(38)25(29(2,3)4)33-23(36)8-6-5-7-13-30-28(39)40/h9-12,17,21-22,25,30,35H,5-8,13-16H2,1-4H3,(H,31,37)(H,33,36)(H,39,40)/t21-,22+,25-/m1/s1. The van der Waals surface area contributed by atoms with Crippen LogP contribution in [-0.4, -0.2) is 75.2 Å². The number of carboxylic acid groups (broad SMARTS) is 1. The van der Waals surface area contributed by atoms with Gasteiger partial charge in [0.25, 0.3) is 0 Å². The normalized spacial score (nSPS) is 17.6. The van der Waals surface area contributed by atoms with Crippen molar-refractivity contribution in [2.24, 2.45) is 5.41 Å². The maximum Gasteiger partial charge on any atom is 0.404 e. The molecule has 11 nitrogen and oxygen atoms in total. The largest absolute Gasteiger partial charge is 0.465 e. The lowest BCUT2D eigenvalue weighted by atomic mass is 9.85. The van der Waals surface area contributed by atoms with Crippen LogP contribution in [0.1, 0.15) is 64.1 Å². The number of amides is 4. The predicted molar refractivity (Wildman–Crippen MR) is 156 cm³/mol. The topological polar surface area (TPSA) is 161 Å². The summed E-state index contributed by atoms with van der Waals surface area (Å²) in [7, 11) is 0. The van der Waals surface area contributed by atoms with Crippen molar-refractivity contribution in [1.82, 2.24) is 25.8 Å². The van der Waals surface area contributed by atoms with Gasteiger partial charge in [-0.1, -0.05) is 51.5 Å². The first-order valence-corrected chi connectivity index (χ1v) is 14.8. The summed E-state index contributed by atoms with van der Waals surface area (Å²) in [5.74, 6) is -1.05. The van der Waals surface area contributed by atoms with E-state index in [1.165, 1.54) is 4.90 Å². The number of thiazole rings is 1. The third-order valence-corrected chi connectivity index (χ3v) is 8.05. The van der Waals surface area contributed by atoms with Gasteiger partial charge in [-0.3, -0.25) is 14.4 Å². The second-order valence-corrected chi connectivity index (χ2v) is 12.3. The molecule has 1 aromatic heterocycles. The van der Waals surface area contributed by atoms with Gasteiger partial charge < -0.3 is 31.1 Å². The molecule has 224 valence electrons. The third-order valence-electron chi connectivity index (χ3n) is 7.07. The molecule has 1 saturated heterocycles. The van der Waals surface area contributed by atoms with Gasteiger partial charge >= 0.3 is 6.09 Å². The van der Waals surface area contributed by atoms with Gasteiger partial charge in [0.15, 0.2) is 0 Å². The van der Waals surface area contributed by atoms with Crippen molar-refractivity contribution < 1.29 is 29.4 Å². The van der Waals surface area contributed by atoms with Crippen molar-refractivity contribution >= 4 is 35.2 Å². The average Bonchev–Trinajstić information content (AvgIpc) is 3.52. The van der Waals surface area contributed by atoms with E-state index < -0.39 is 35.6 Å². The fourth-order valence-electron chi connectivity index (χ4n) is 4.80. The number of benzene rings is 1. The first-order chi connectivity index (χ1) is 19.4. The zero-order valence-electron chi connectivity index (χ0n) is 24.1. The molecule has 2 aromatic rings. The Bertz CT molecular complexity index is 1210. The Labute approximate surface area is 244 Å². The van der Waals surface area contributed by atoms with Crippen LogP contribution in [-0.2, 0) is 20.9 Å². The number of aromatic nitrogens is 1. The van der Waals surface area contributed by atoms with Gasteiger partial charge in [-0.2, -0.15) is 0 Å². The second-order valence-electron chi connectivity index (χ2n) is 11.5. The van der Waals surface area contributed by atoms with E-state index in [-0.39, 0.29) is 37.7 Å². The zero-order chi connectivity index (χ0) is 30.2. The number of nitrogens with zero attached hydrogens (tertiary/aromatic N) is 2. The van der Waals surface area contributed by atoms with Crippen LogP contribution >= 0.6 is 11.3 Å². The molecule has 4 amide bonds. The number of carbonyl (C=O) groups excluding carboxylic acids is 3. The van der Waals surface area contributed by atoms with Crippen molar-refractivity contribution in [3.05, 3.63) is 41.0 Å². The highest BCUT2D eigenvalue weighted by Crippen LogP contribution is 2.28. The van der Waals surface area contributed by atoms with E-state index >= 15 is 0 Å². The van der Waals surface area contributed by atoms with Crippen LogP contribution in [0.5, 0.6) is 0 Å². The lowest BCUT2D eigenvalue weighted by Gasteiger charge is -2.35. The average molecular weight is 588 g/mol. The molecule has 1 fully saturated rings. The molecule has 0 spiro atoms. The van der Waals surface area contributed by atoms with Crippen LogP contribution in [0.2, 0.25) is 0 Å². The molecule has 0 radical (unpaired) electrons. The molecule has 0 unspecified atom stereocenters. The Hall–Kier alpha value is -3.51. The van der Waals surface area contributed by atoms with E-state index in [9.17, 15) is 24.3 Å². The molecule has 2 heterocycles. The number of carbonyl (C=O) groups is 4. The van der Waals surface area contributed by atoms with E-state index in [0.29, 0.717) is 25.8 Å². The van der Waals surface area contributed by atoms with Crippen LogP contribution in [0.15, 0.2) is 29.8 Å². The molecule has 3 atom stereocenters. The lowest BCUT2D eigenvalue weighted by Crippen LogP contribution is -2.57. The molecule has 1 aliphatic rings. The monoisotopic (exact) mass is 587 g/mol. The minimum absolute atomic E-state index is 0.0127. The SMILES string of the molecule is Cc1ncsc1-c1ccc(CNC(=O)[C@@H]2C[C@@H](O)CN2C(=O)[C@@H](NC(=O)CCCCCNC(=O)O)C(C)(C)C)cc1. The first kappa shape index (κ1) is 32.0. The van der Waals surface area contributed by atoms with Crippen LogP contribution in [0, 0.1) is 12.3 Å². The molecule has 0 saturated carbocycles. The van der Waals surface area contributed by atoms with Crippen molar-refractivity contribution in [3.63, 3.8) is 0 Å². The number of aliphatic hydroxyl groups excluding tert-OH is 1. The van der Waals surface area contributed by atoms with Gasteiger partial charge in [0, 0.05) is 32.5 Å². The number of hydrogen-bond acceptors (Lipinski definition) is 7. The van der Waals surface area contributed by atoms with Crippen LogP contribution in [0.25, 0.3) is 10.4 Å². The Kier molecular flexibility index (Phi) is 11.2. The van der Waals surface area contributed by atoms with Gasteiger partial charge in [-0.05, 0) is 36.3 Å². The molecule has 1 aliphatic heterocycles. The molecule has 3 rings (SSSR count). The van der Waals surface area contributed by atoms with E-state index in [4.69, 9.17) is 5.11 Å². The molecule has 12 heteroatoms. The highest BCUT2D eigenvalue weighted by molar-refractivity contribution is 7.13. The van der Waals surface area contributed by atoms with Crippen molar-refractivity contribution in [1.29, 1.82) is 0 Å². The van der Waals surface area contributed by atoms with Crippen molar-refractivity contribution in [2.45, 2.75) is 84.5 Å². The maximum absolute atomic E-state index is 13.7. The Morgan fingerprint density at radius 2 is 1.80 bits per heavy atom. The lowest BCUT2D eigenvalue weighted by molar-refractivity contribution is -0.144. The first-order valence-electron chi connectivity index (χ1n) is 13.9. The minimum atomic E-state index is -1.08. The highest BCUT2D eigenvalue weighted by atomic mass is 32.1. The van der Waals surface area contributed by atoms with Crippen LogP contribution in [0.3, 0.4) is 0 Å². The molecule has 0 bridgehead atoms. The second kappa shape index (κ2) is 14.4. The maximum atomic E-state index is 13.7. The number of nitrogens with one attached hydrogen (secondary N) is 3. The number of β-amino-alcohol motifs (C(OH)–C–C–N with tert-alkyl or cyclic N) is 1. The summed E-state index contributed by atoms with van der Waals surface area (Å²) in [5.41, 5.74) is 4.10. The molecular weight excluding hydrogens is 546 g/mol. The molecule has 5 N–H and O–H groups in total. The summed E-state index contributed by atoms with van der Waals surface area (Å²) < 4.78 is 0. The highest BCUT2D eigenvalue weighted by Gasteiger charge is 2.44. The zero-order valence-corrected chi connectivity index (χ0v) is 24.9. The van der Waals surface area contributed by atoms with Gasteiger partial charge in [-0.25, -0.2) is 9.78 Å². The summed E-state index contributed by atoms with van der Waals surface area (Å²) >= 11 is 1.57. The number of rotatable bonds is 12. The smallest absolute Gasteiger partial charge is 0.404 e. The van der Waals surface area contributed by atoms with Gasteiger partial charge in [0.2, 0.25) is 17.7 Å². The molecule has 1 aromatic carbocycles. The molecular formula is C29H41N5O6S. The van der Waals surface area contributed by atoms with E-state index in [0.717, 1.165) is 21.7 Å². The van der Waals surface area contributed by atoms with Gasteiger partial charge in [0.05, 0.1) is 22.2 Å². The molecule has 0 aliphatic carbocycles. The number of unbranched alkanes of at least 4 members (excludes halogenated alkanes) is 2. The Balaban J connectivity index is 1.58. The number of likely N-dealkylation sites (tertiary alicyclic amines) is 1. The fourth-order valence-corrected chi connectivity index (χ4v) is 5.61. The van der Waals surface area contributed by atoms with Crippen LogP contribution in [0.4, 0.5) is 4.79 Å². The van der Waals surface area contributed by atoms with E-state index in [2.05, 4.69) is 20.9 Å².